The van der Waals surface area contributed by atoms with Gasteiger partial charge < -0.3 is 10.4 Å². The molecule has 0 spiro atoms. The average Bonchev–Trinajstić information content (AvgIpc) is 2.44. The highest BCUT2D eigenvalue weighted by Gasteiger charge is 2.19. The maximum absolute atomic E-state index is 11.7. The van der Waals surface area contributed by atoms with E-state index in [9.17, 15) is 13.2 Å². The molecular formula is C10H20N2O4S. The molecule has 0 aromatic heterocycles. The van der Waals surface area contributed by atoms with Gasteiger partial charge in [0, 0.05) is 12.5 Å². The Kier molecular flexibility index (Phi) is 5.87. The summed E-state index contributed by atoms with van der Waals surface area (Å²) >= 11 is 0. The third-order valence-corrected chi connectivity index (χ3v) is 4.24. The molecule has 0 amide bonds. The second kappa shape index (κ2) is 6.93. The van der Waals surface area contributed by atoms with Crippen LogP contribution in [0.2, 0.25) is 0 Å². The number of carboxylic acid groups (broad SMARTS) is 1. The van der Waals surface area contributed by atoms with Crippen LogP contribution in [-0.4, -0.2) is 44.4 Å². The number of sulfonamides is 1. The summed E-state index contributed by atoms with van der Waals surface area (Å²) in [6.45, 7) is 1.75. The SMILES string of the molecule is O=C(O)CCCS(=O)(=O)NC1CCCNCC1. The first-order valence-corrected chi connectivity index (χ1v) is 7.57. The Labute approximate surface area is 102 Å². The van der Waals surface area contributed by atoms with Crippen molar-refractivity contribution in [1.29, 1.82) is 0 Å². The van der Waals surface area contributed by atoms with Crippen LogP contribution in [0.1, 0.15) is 32.1 Å². The summed E-state index contributed by atoms with van der Waals surface area (Å²) < 4.78 is 26.0. The summed E-state index contributed by atoms with van der Waals surface area (Å²) in [5.74, 6) is -1.07. The molecule has 0 aliphatic carbocycles. The number of hydrogen-bond acceptors (Lipinski definition) is 4. The number of aliphatic carboxylic acids is 1. The fourth-order valence-electron chi connectivity index (χ4n) is 1.86. The van der Waals surface area contributed by atoms with Crippen molar-refractivity contribution in [2.75, 3.05) is 18.8 Å². The minimum Gasteiger partial charge on any atom is -0.481 e. The summed E-state index contributed by atoms with van der Waals surface area (Å²) in [6, 6.07) is -0.0140. The normalized spacial score (nSPS) is 22.0. The van der Waals surface area contributed by atoms with Gasteiger partial charge in [0.25, 0.3) is 0 Å². The van der Waals surface area contributed by atoms with Gasteiger partial charge in [-0.05, 0) is 38.8 Å². The van der Waals surface area contributed by atoms with Crippen LogP contribution in [0, 0.1) is 0 Å². The minimum atomic E-state index is -3.33. The topological polar surface area (TPSA) is 95.5 Å². The van der Waals surface area contributed by atoms with E-state index in [4.69, 9.17) is 5.11 Å². The lowest BCUT2D eigenvalue weighted by atomic mass is 10.1. The van der Waals surface area contributed by atoms with E-state index in [-0.39, 0.29) is 24.6 Å². The first kappa shape index (κ1) is 14.4. The van der Waals surface area contributed by atoms with Crippen molar-refractivity contribution in [3.8, 4) is 0 Å². The molecule has 3 N–H and O–H groups in total. The van der Waals surface area contributed by atoms with Crippen molar-refractivity contribution in [3.63, 3.8) is 0 Å². The van der Waals surface area contributed by atoms with Crippen LogP contribution in [0.3, 0.4) is 0 Å². The summed E-state index contributed by atoms with van der Waals surface area (Å²) in [6.07, 6.45) is 2.65. The van der Waals surface area contributed by atoms with Crippen LogP contribution < -0.4 is 10.0 Å². The maximum Gasteiger partial charge on any atom is 0.303 e. The van der Waals surface area contributed by atoms with Crippen molar-refractivity contribution < 1.29 is 18.3 Å². The van der Waals surface area contributed by atoms with Gasteiger partial charge >= 0.3 is 5.97 Å². The van der Waals surface area contributed by atoms with Crippen molar-refractivity contribution in [3.05, 3.63) is 0 Å². The molecule has 7 heteroatoms. The minimum absolute atomic E-state index is 0.0140. The second-order valence-electron chi connectivity index (χ2n) is 4.31. The Morgan fingerprint density at radius 1 is 1.35 bits per heavy atom. The molecule has 0 aromatic rings. The second-order valence-corrected chi connectivity index (χ2v) is 6.19. The Bertz CT molecular complexity index is 334. The van der Waals surface area contributed by atoms with Gasteiger partial charge in [-0.2, -0.15) is 0 Å². The van der Waals surface area contributed by atoms with Crippen LogP contribution in [-0.2, 0) is 14.8 Å². The lowest BCUT2D eigenvalue weighted by Gasteiger charge is -2.15. The molecule has 100 valence electrons. The van der Waals surface area contributed by atoms with Crippen molar-refractivity contribution in [2.24, 2.45) is 0 Å². The fraction of sp³-hybridized carbons (Fsp3) is 0.900. The molecule has 1 aliphatic heterocycles. The molecule has 1 saturated heterocycles. The van der Waals surface area contributed by atoms with E-state index in [0.29, 0.717) is 0 Å². The van der Waals surface area contributed by atoms with Gasteiger partial charge in [0.15, 0.2) is 0 Å². The molecule has 1 unspecified atom stereocenters. The summed E-state index contributed by atoms with van der Waals surface area (Å²) in [7, 11) is -3.33. The van der Waals surface area contributed by atoms with E-state index in [1.54, 1.807) is 0 Å². The lowest BCUT2D eigenvalue weighted by molar-refractivity contribution is -0.137. The molecule has 0 radical (unpaired) electrons. The molecule has 1 rings (SSSR count). The third-order valence-electron chi connectivity index (χ3n) is 2.73. The van der Waals surface area contributed by atoms with Crippen LogP contribution in [0.5, 0.6) is 0 Å². The predicted octanol–water partition coefficient (Wildman–Crippen LogP) is -0.0873. The van der Waals surface area contributed by atoms with E-state index in [2.05, 4.69) is 10.0 Å². The van der Waals surface area contributed by atoms with Gasteiger partial charge in [-0.3, -0.25) is 4.79 Å². The van der Waals surface area contributed by atoms with E-state index in [0.717, 1.165) is 32.4 Å². The fourth-order valence-corrected chi connectivity index (χ4v) is 3.25. The average molecular weight is 264 g/mol. The highest BCUT2D eigenvalue weighted by atomic mass is 32.2. The van der Waals surface area contributed by atoms with E-state index < -0.39 is 16.0 Å². The van der Waals surface area contributed by atoms with E-state index in [1.807, 2.05) is 0 Å². The van der Waals surface area contributed by atoms with Gasteiger partial charge in [0.05, 0.1) is 5.75 Å². The zero-order valence-corrected chi connectivity index (χ0v) is 10.6. The molecule has 0 saturated carbocycles. The maximum atomic E-state index is 11.7. The number of rotatable bonds is 6. The van der Waals surface area contributed by atoms with E-state index >= 15 is 0 Å². The van der Waals surface area contributed by atoms with Gasteiger partial charge in [-0.25, -0.2) is 13.1 Å². The quantitative estimate of drug-likeness (QED) is 0.623. The Morgan fingerprint density at radius 3 is 2.82 bits per heavy atom. The summed E-state index contributed by atoms with van der Waals surface area (Å²) in [4.78, 5) is 10.3. The van der Waals surface area contributed by atoms with Crippen LogP contribution in [0.25, 0.3) is 0 Å². The highest BCUT2D eigenvalue weighted by molar-refractivity contribution is 7.89. The van der Waals surface area contributed by atoms with Gasteiger partial charge in [0.2, 0.25) is 10.0 Å². The molecule has 6 nitrogen and oxygen atoms in total. The first-order valence-electron chi connectivity index (χ1n) is 5.92. The molecule has 0 aromatic carbocycles. The van der Waals surface area contributed by atoms with Crippen molar-refractivity contribution in [2.45, 2.75) is 38.1 Å². The van der Waals surface area contributed by atoms with Crippen molar-refractivity contribution in [1.82, 2.24) is 10.0 Å². The molecular weight excluding hydrogens is 244 g/mol. The Hall–Kier alpha value is -0.660. The van der Waals surface area contributed by atoms with Gasteiger partial charge in [-0.1, -0.05) is 0 Å². The van der Waals surface area contributed by atoms with Crippen LogP contribution in [0.15, 0.2) is 0 Å². The smallest absolute Gasteiger partial charge is 0.303 e. The summed E-state index contributed by atoms with van der Waals surface area (Å²) in [5.41, 5.74) is 0. The zero-order chi connectivity index (χ0) is 12.7. The van der Waals surface area contributed by atoms with Gasteiger partial charge in [-0.15, -0.1) is 0 Å². The number of hydrogen-bond donors (Lipinski definition) is 3. The Morgan fingerprint density at radius 2 is 2.12 bits per heavy atom. The van der Waals surface area contributed by atoms with Crippen molar-refractivity contribution >= 4 is 16.0 Å². The summed E-state index contributed by atoms with van der Waals surface area (Å²) in [5, 5.41) is 11.7. The van der Waals surface area contributed by atoms with Gasteiger partial charge in [0.1, 0.15) is 0 Å². The lowest BCUT2D eigenvalue weighted by Crippen LogP contribution is -2.37. The zero-order valence-electron chi connectivity index (χ0n) is 9.81. The first-order chi connectivity index (χ1) is 7.99. The van der Waals surface area contributed by atoms with Crippen LogP contribution >= 0.6 is 0 Å². The molecule has 17 heavy (non-hydrogen) atoms. The molecule has 1 aliphatic rings. The molecule has 1 heterocycles. The number of carbonyl (C=O) groups is 1. The Balaban J connectivity index is 2.34. The molecule has 1 atom stereocenters. The molecule has 1 fully saturated rings. The number of nitrogens with one attached hydrogen (secondary N) is 2. The highest BCUT2D eigenvalue weighted by Crippen LogP contribution is 2.07. The standard InChI is InChI=1S/C10H20N2O4S/c13-10(14)4-2-8-17(15,16)12-9-3-1-6-11-7-5-9/h9,11-12H,1-8H2,(H,13,14). The number of carboxylic acids is 1. The third kappa shape index (κ3) is 6.60. The van der Waals surface area contributed by atoms with Crippen LogP contribution in [0.4, 0.5) is 0 Å². The largest absolute Gasteiger partial charge is 0.481 e. The predicted molar refractivity (Wildman–Crippen MR) is 64.3 cm³/mol. The van der Waals surface area contributed by atoms with E-state index in [1.165, 1.54) is 0 Å². The molecule has 0 bridgehead atoms. The monoisotopic (exact) mass is 264 g/mol.